The standard InChI is InChI=1S/C15H22N2O3/c1-3-5-6-12(4-2)10-16-14-8-7-13(11-18)9-15(14)17(19)20/h7-9,11-12,16H,3-6,10H2,1-2H3. The molecule has 0 amide bonds. The van der Waals surface area contributed by atoms with Gasteiger partial charge in [0.2, 0.25) is 0 Å². The average molecular weight is 278 g/mol. The van der Waals surface area contributed by atoms with Crippen LogP contribution in [-0.4, -0.2) is 17.8 Å². The lowest BCUT2D eigenvalue weighted by Gasteiger charge is -2.16. The third-order valence-corrected chi connectivity index (χ3v) is 3.48. The Morgan fingerprint density at radius 2 is 2.15 bits per heavy atom. The fraction of sp³-hybridized carbons (Fsp3) is 0.533. The summed E-state index contributed by atoms with van der Waals surface area (Å²) in [5, 5.41) is 14.2. The van der Waals surface area contributed by atoms with E-state index in [1.165, 1.54) is 12.5 Å². The molecule has 1 rings (SSSR count). The molecule has 0 fully saturated rings. The summed E-state index contributed by atoms with van der Waals surface area (Å²) in [6.07, 6.45) is 5.12. The van der Waals surface area contributed by atoms with Crippen molar-refractivity contribution in [3.05, 3.63) is 33.9 Å². The van der Waals surface area contributed by atoms with E-state index in [1.54, 1.807) is 12.1 Å². The van der Waals surface area contributed by atoms with Crippen LogP contribution in [0.15, 0.2) is 18.2 Å². The molecule has 1 aromatic rings. The van der Waals surface area contributed by atoms with Crippen LogP contribution in [0.2, 0.25) is 0 Å². The number of nitro benzene ring substituents is 1. The number of rotatable bonds is 9. The molecular weight excluding hydrogens is 256 g/mol. The normalized spacial score (nSPS) is 11.9. The van der Waals surface area contributed by atoms with Crippen LogP contribution in [0.5, 0.6) is 0 Å². The summed E-state index contributed by atoms with van der Waals surface area (Å²) < 4.78 is 0. The van der Waals surface area contributed by atoms with E-state index >= 15 is 0 Å². The van der Waals surface area contributed by atoms with Crippen LogP contribution in [0, 0.1) is 16.0 Å². The van der Waals surface area contributed by atoms with Crippen LogP contribution in [-0.2, 0) is 0 Å². The van der Waals surface area contributed by atoms with Gasteiger partial charge in [0.15, 0.2) is 0 Å². The quantitative estimate of drug-likeness (QED) is 0.420. The van der Waals surface area contributed by atoms with Crippen molar-refractivity contribution in [2.45, 2.75) is 39.5 Å². The van der Waals surface area contributed by atoms with Crippen molar-refractivity contribution in [2.24, 2.45) is 5.92 Å². The number of hydrogen-bond acceptors (Lipinski definition) is 4. The van der Waals surface area contributed by atoms with Gasteiger partial charge in [0, 0.05) is 18.2 Å². The lowest BCUT2D eigenvalue weighted by Crippen LogP contribution is -2.14. The maximum atomic E-state index is 11.0. The Balaban J connectivity index is 2.75. The first-order chi connectivity index (χ1) is 9.62. The molecule has 0 saturated heterocycles. The number of hydrogen-bond donors (Lipinski definition) is 1. The first-order valence-electron chi connectivity index (χ1n) is 7.09. The molecule has 0 saturated carbocycles. The van der Waals surface area contributed by atoms with E-state index in [-0.39, 0.29) is 5.69 Å². The highest BCUT2D eigenvalue weighted by atomic mass is 16.6. The molecule has 5 heteroatoms. The van der Waals surface area contributed by atoms with E-state index in [4.69, 9.17) is 0 Å². The Morgan fingerprint density at radius 3 is 2.70 bits per heavy atom. The highest BCUT2D eigenvalue weighted by Gasteiger charge is 2.15. The number of carbonyl (C=O) groups excluding carboxylic acids is 1. The molecule has 5 nitrogen and oxygen atoms in total. The van der Waals surface area contributed by atoms with Gasteiger partial charge >= 0.3 is 0 Å². The van der Waals surface area contributed by atoms with Crippen LogP contribution < -0.4 is 5.32 Å². The molecule has 1 atom stereocenters. The largest absolute Gasteiger partial charge is 0.379 e. The van der Waals surface area contributed by atoms with Gasteiger partial charge in [-0.25, -0.2) is 0 Å². The van der Waals surface area contributed by atoms with Gasteiger partial charge in [-0.15, -0.1) is 0 Å². The summed E-state index contributed by atoms with van der Waals surface area (Å²) in [5.41, 5.74) is 0.760. The second kappa shape index (κ2) is 8.30. The topological polar surface area (TPSA) is 72.2 Å². The fourth-order valence-electron chi connectivity index (χ4n) is 2.12. The molecule has 0 spiro atoms. The number of nitrogens with one attached hydrogen (secondary N) is 1. The second-order valence-corrected chi connectivity index (χ2v) is 4.95. The predicted octanol–water partition coefficient (Wildman–Crippen LogP) is 4.04. The third-order valence-electron chi connectivity index (χ3n) is 3.48. The Labute approximate surface area is 119 Å². The van der Waals surface area contributed by atoms with Crippen LogP contribution in [0.1, 0.15) is 49.9 Å². The predicted molar refractivity (Wildman–Crippen MR) is 80.3 cm³/mol. The second-order valence-electron chi connectivity index (χ2n) is 4.95. The van der Waals surface area contributed by atoms with Crippen molar-refractivity contribution < 1.29 is 9.72 Å². The number of aldehydes is 1. The van der Waals surface area contributed by atoms with Crippen molar-refractivity contribution in [1.82, 2.24) is 0 Å². The molecule has 0 aliphatic rings. The minimum absolute atomic E-state index is 0.0417. The molecule has 20 heavy (non-hydrogen) atoms. The number of benzene rings is 1. The van der Waals surface area contributed by atoms with E-state index in [2.05, 4.69) is 19.2 Å². The van der Waals surface area contributed by atoms with Crippen LogP contribution in [0.4, 0.5) is 11.4 Å². The third kappa shape index (κ3) is 4.64. The number of anilines is 1. The van der Waals surface area contributed by atoms with E-state index in [0.717, 1.165) is 25.8 Å². The summed E-state index contributed by atoms with van der Waals surface area (Å²) in [6, 6.07) is 4.51. The van der Waals surface area contributed by atoms with Gasteiger partial charge in [0.1, 0.15) is 12.0 Å². The van der Waals surface area contributed by atoms with Gasteiger partial charge in [-0.05, 0) is 24.5 Å². The van der Waals surface area contributed by atoms with Gasteiger partial charge in [0.05, 0.1) is 4.92 Å². The number of carbonyl (C=O) groups is 1. The first kappa shape index (κ1) is 16.1. The Hall–Kier alpha value is -1.91. The lowest BCUT2D eigenvalue weighted by atomic mass is 9.99. The minimum Gasteiger partial charge on any atom is -0.379 e. The molecule has 0 radical (unpaired) electrons. The molecule has 0 heterocycles. The molecule has 0 aromatic heterocycles. The molecular formula is C15H22N2O3. The van der Waals surface area contributed by atoms with Gasteiger partial charge in [-0.2, -0.15) is 0 Å². The number of nitro groups is 1. The van der Waals surface area contributed by atoms with E-state index in [9.17, 15) is 14.9 Å². The molecule has 1 aromatic carbocycles. The molecule has 0 aliphatic carbocycles. The Bertz CT molecular complexity index is 460. The zero-order chi connectivity index (χ0) is 15.0. The van der Waals surface area contributed by atoms with Crippen LogP contribution >= 0.6 is 0 Å². The van der Waals surface area contributed by atoms with E-state index in [1.807, 2.05) is 0 Å². The van der Waals surface area contributed by atoms with Gasteiger partial charge in [0.25, 0.3) is 5.69 Å². The maximum Gasteiger partial charge on any atom is 0.293 e. The summed E-state index contributed by atoms with van der Waals surface area (Å²) in [6.45, 7) is 5.01. The number of unbranched alkanes of at least 4 members (excludes halogenated alkanes) is 1. The number of nitrogens with zero attached hydrogens (tertiary/aromatic N) is 1. The smallest absolute Gasteiger partial charge is 0.293 e. The van der Waals surface area contributed by atoms with Gasteiger partial charge < -0.3 is 5.32 Å². The summed E-state index contributed by atoms with van der Waals surface area (Å²) in [7, 11) is 0. The Morgan fingerprint density at radius 1 is 1.40 bits per heavy atom. The maximum absolute atomic E-state index is 11.0. The van der Waals surface area contributed by atoms with Crippen molar-refractivity contribution >= 4 is 17.7 Å². The minimum atomic E-state index is -0.456. The summed E-state index contributed by atoms with van der Waals surface area (Å²) >= 11 is 0. The first-order valence-corrected chi connectivity index (χ1v) is 7.09. The van der Waals surface area contributed by atoms with Crippen molar-refractivity contribution in [3.63, 3.8) is 0 Å². The molecule has 1 unspecified atom stereocenters. The summed E-state index contributed by atoms with van der Waals surface area (Å²) in [5.74, 6) is 0.514. The Kier molecular flexibility index (Phi) is 6.70. The lowest BCUT2D eigenvalue weighted by molar-refractivity contribution is -0.384. The van der Waals surface area contributed by atoms with Crippen LogP contribution in [0.3, 0.4) is 0 Å². The molecule has 0 bridgehead atoms. The summed E-state index contributed by atoms with van der Waals surface area (Å²) in [4.78, 5) is 21.3. The van der Waals surface area contributed by atoms with Crippen LogP contribution in [0.25, 0.3) is 0 Å². The fourth-order valence-corrected chi connectivity index (χ4v) is 2.12. The zero-order valence-electron chi connectivity index (χ0n) is 12.1. The van der Waals surface area contributed by atoms with Gasteiger partial charge in [-0.1, -0.05) is 33.1 Å². The van der Waals surface area contributed by atoms with Gasteiger partial charge in [-0.3, -0.25) is 14.9 Å². The highest BCUT2D eigenvalue weighted by Crippen LogP contribution is 2.26. The van der Waals surface area contributed by atoms with Crippen molar-refractivity contribution in [1.29, 1.82) is 0 Å². The average Bonchev–Trinajstić information content (AvgIpc) is 2.47. The highest BCUT2D eigenvalue weighted by molar-refractivity contribution is 5.79. The SMILES string of the molecule is CCCCC(CC)CNc1ccc(C=O)cc1[N+](=O)[O-]. The van der Waals surface area contributed by atoms with Crippen molar-refractivity contribution in [3.8, 4) is 0 Å². The monoisotopic (exact) mass is 278 g/mol. The van der Waals surface area contributed by atoms with E-state index in [0.29, 0.717) is 23.5 Å². The van der Waals surface area contributed by atoms with E-state index < -0.39 is 4.92 Å². The molecule has 110 valence electrons. The molecule has 1 N–H and O–H groups in total. The molecule has 0 aliphatic heterocycles. The zero-order valence-corrected chi connectivity index (χ0v) is 12.1. The van der Waals surface area contributed by atoms with Crippen molar-refractivity contribution in [2.75, 3.05) is 11.9 Å².